The number of imide groups is 1. The van der Waals surface area contributed by atoms with Crippen molar-refractivity contribution in [2.24, 2.45) is 5.92 Å². The zero-order valence-electron chi connectivity index (χ0n) is 20.4. The Kier molecular flexibility index (Phi) is 5.39. The van der Waals surface area contributed by atoms with Crippen LogP contribution in [0.15, 0.2) is 48.5 Å². The van der Waals surface area contributed by atoms with Gasteiger partial charge < -0.3 is 4.57 Å². The smallest absolute Gasteiger partial charge is 0.261 e. The Balaban J connectivity index is 1.40. The Bertz CT molecular complexity index is 1410. The molecule has 1 atom stereocenters. The third-order valence-corrected chi connectivity index (χ3v) is 7.00. The van der Waals surface area contributed by atoms with E-state index in [1.807, 2.05) is 13.0 Å². The minimum atomic E-state index is -0.218. The van der Waals surface area contributed by atoms with Crippen molar-refractivity contribution in [3.05, 3.63) is 87.9 Å². The zero-order chi connectivity index (χ0) is 24.1. The predicted octanol–water partition coefficient (Wildman–Crippen LogP) is 5.20. The molecule has 0 radical (unpaired) electrons. The minimum Gasteiger partial charge on any atom is -0.344 e. The lowest BCUT2D eigenvalue weighted by molar-refractivity contribution is 0.0642. The SMILES string of the molecule is Cc1cc(C)n(CC(C)Cn2c(C)c(C)c3cc(CN4C(=O)c5ccccc5C4=O)ccc32)n1. The molecule has 0 saturated heterocycles. The summed E-state index contributed by atoms with van der Waals surface area (Å²) < 4.78 is 4.47. The molecule has 3 heterocycles. The minimum absolute atomic E-state index is 0.218. The summed E-state index contributed by atoms with van der Waals surface area (Å²) in [4.78, 5) is 26.9. The molecule has 1 aliphatic heterocycles. The van der Waals surface area contributed by atoms with E-state index >= 15 is 0 Å². The number of hydrogen-bond donors (Lipinski definition) is 0. The fourth-order valence-corrected chi connectivity index (χ4v) is 5.12. The highest BCUT2D eigenvalue weighted by Gasteiger charge is 2.35. The maximum absolute atomic E-state index is 12.8. The average Bonchev–Trinajstić information content (AvgIpc) is 3.35. The summed E-state index contributed by atoms with van der Waals surface area (Å²) in [5.41, 5.74) is 7.83. The monoisotopic (exact) mass is 454 g/mol. The standard InChI is InChI=1S/C28H30N4O2/c1-17(15-32-19(3)12-18(2)29-32)14-30-21(5)20(4)25-13-22(10-11-26(25)30)16-31-27(33)23-8-6-7-9-24(23)28(31)34/h6-13,17H,14-16H2,1-5H3. The molecule has 2 aromatic carbocycles. The number of amides is 2. The van der Waals surface area contributed by atoms with Gasteiger partial charge in [-0.05, 0) is 75.1 Å². The number of fused-ring (bicyclic) bond motifs is 2. The molecule has 1 unspecified atom stereocenters. The Morgan fingerprint density at radius 3 is 2.18 bits per heavy atom. The van der Waals surface area contributed by atoms with Crippen LogP contribution >= 0.6 is 0 Å². The number of benzene rings is 2. The van der Waals surface area contributed by atoms with Gasteiger partial charge in [0.15, 0.2) is 0 Å². The molecule has 2 aromatic heterocycles. The van der Waals surface area contributed by atoms with Gasteiger partial charge in [0.1, 0.15) is 0 Å². The summed E-state index contributed by atoms with van der Waals surface area (Å²) >= 11 is 0. The van der Waals surface area contributed by atoms with Crippen LogP contribution in [-0.4, -0.2) is 31.1 Å². The summed E-state index contributed by atoms with van der Waals surface area (Å²) in [6.07, 6.45) is 0. The van der Waals surface area contributed by atoms with Gasteiger partial charge in [0.2, 0.25) is 0 Å². The Morgan fingerprint density at radius 1 is 0.882 bits per heavy atom. The van der Waals surface area contributed by atoms with Gasteiger partial charge in [0, 0.05) is 35.4 Å². The second-order valence-electron chi connectivity index (χ2n) is 9.63. The Hall–Kier alpha value is -3.67. The van der Waals surface area contributed by atoms with E-state index in [0.29, 0.717) is 17.0 Å². The molecule has 0 saturated carbocycles. The number of nitrogens with zero attached hydrogens (tertiary/aromatic N) is 4. The van der Waals surface area contributed by atoms with Gasteiger partial charge in [-0.25, -0.2) is 0 Å². The van der Waals surface area contributed by atoms with Crippen LogP contribution in [0.5, 0.6) is 0 Å². The first-order valence-electron chi connectivity index (χ1n) is 11.8. The summed E-state index contributed by atoms with van der Waals surface area (Å²) in [5.74, 6) is -0.0296. The van der Waals surface area contributed by atoms with Gasteiger partial charge in [-0.3, -0.25) is 19.2 Å². The molecule has 34 heavy (non-hydrogen) atoms. The third-order valence-electron chi connectivity index (χ3n) is 7.00. The van der Waals surface area contributed by atoms with E-state index in [9.17, 15) is 9.59 Å². The number of aromatic nitrogens is 3. The second kappa shape index (κ2) is 8.28. The van der Waals surface area contributed by atoms with Crippen LogP contribution in [0.25, 0.3) is 10.9 Å². The molecule has 174 valence electrons. The van der Waals surface area contributed by atoms with Gasteiger partial charge in [0.25, 0.3) is 11.8 Å². The maximum atomic E-state index is 12.8. The molecule has 6 heteroatoms. The number of carbonyl (C=O) groups is 2. The fourth-order valence-electron chi connectivity index (χ4n) is 5.12. The highest BCUT2D eigenvalue weighted by molar-refractivity contribution is 6.21. The van der Waals surface area contributed by atoms with Crippen LogP contribution in [0, 0.1) is 33.6 Å². The predicted molar refractivity (Wildman–Crippen MR) is 133 cm³/mol. The average molecular weight is 455 g/mol. The van der Waals surface area contributed by atoms with Crippen molar-refractivity contribution in [3.8, 4) is 0 Å². The van der Waals surface area contributed by atoms with E-state index in [0.717, 1.165) is 24.3 Å². The molecular formula is C28H30N4O2. The molecule has 5 rings (SSSR count). The van der Waals surface area contributed by atoms with Crippen molar-refractivity contribution in [1.82, 2.24) is 19.2 Å². The zero-order valence-corrected chi connectivity index (χ0v) is 20.4. The molecule has 4 aromatic rings. The number of hydrogen-bond acceptors (Lipinski definition) is 3. The summed E-state index contributed by atoms with van der Waals surface area (Å²) in [6, 6.07) is 15.4. The number of aryl methyl sites for hydroxylation is 3. The molecule has 0 aliphatic carbocycles. The van der Waals surface area contributed by atoms with Gasteiger partial charge in [-0.1, -0.05) is 25.1 Å². The van der Waals surface area contributed by atoms with Crippen LogP contribution in [0.1, 0.15) is 55.8 Å². The van der Waals surface area contributed by atoms with Crippen LogP contribution in [-0.2, 0) is 19.6 Å². The number of carbonyl (C=O) groups excluding carboxylic acids is 2. The van der Waals surface area contributed by atoms with Crippen molar-refractivity contribution in [2.75, 3.05) is 0 Å². The summed E-state index contributed by atoms with van der Waals surface area (Å²) in [7, 11) is 0. The van der Waals surface area contributed by atoms with Gasteiger partial charge in [-0.2, -0.15) is 5.10 Å². The van der Waals surface area contributed by atoms with Gasteiger partial charge >= 0.3 is 0 Å². The molecule has 6 nitrogen and oxygen atoms in total. The lowest BCUT2D eigenvalue weighted by Gasteiger charge is -2.17. The van der Waals surface area contributed by atoms with Crippen molar-refractivity contribution in [3.63, 3.8) is 0 Å². The Morgan fingerprint density at radius 2 is 1.56 bits per heavy atom. The van der Waals surface area contributed by atoms with Crippen molar-refractivity contribution in [1.29, 1.82) is 0 Å². The quantitative estimate of drug-likeness (QED) is 0.376. The normalized spacial score (nSPS) is 14.3. The van der Waals surface area contributed by atoms with Gasteiger partial charge in [0.05, 0.1) is 23.4 Å². The van der Waals surface area contributed by atoms with E-state index in [4.69, 9.17) is 0 Å². The van der Waals surface area contributed by atoms with Crippen LogP contribution in [0.3, 0.4) is 0 Å². The third kappa shape index (κ3) is 3.63. The largest absolute Gasteiger partial charge is 0.344 e. The second-order valence-corrected chi connectivity index (χ2v) is 9.63. The van der Waals surface area contributed by atoms with Crippen LogP contribution in [0.4, 0.5) is 0 Å². The van der Waals surface area contributed by atoms with Gasteiger partial charge in [-0.15, -0.1) is 0 Å². The first-order chi connectivity index (χ1) is 16.2. The first-order valence-corrected chi connectivity index (χ1v) is 11.8. The van der Waals surface area contributed by atoms with E-state index in [-0.39, 0.29) is 18.4 Å². The highest BCUT2D eigenvalue weighted by Crippen LogP contribution is 2.30. The van der Waals surface area contributed by atoms with E-state index in [2.05, 4.69) is 60.2 Å². The fraction of sp³-hybridized carbons (Fsp3) is 0.321. The van der Waals surface area contributed by atoms with Crippen molar-refractivity contribution >= 4 is 22.7 Å². The maximum Gasteiger partial charge on any atom is 0.261 e. The molecule has 0 bridgehead atoms. The lowest BCUT2D eigenvalue weighted by Crippen LogP contribution is -2.29. The molecule has 0 N–H and O–H groups in total. The topological polar surface area (TPSA) is 60.1 Å². The molecular weight excluding hydrogens is 424 g/mol. The van der Waals surface area contributed by atoms with E-state index in [1.165, 1.54) is 32.8 Å². The van der Waals surface area contributed by atoms with Crippen LogP contribution < -0.4 is 0 Å². The summed E-state index contributed by atoms with van der Waals surface area (Å²) in [6.45, 7) is 12.7. The van der Waals surface area contributed by atoms with E-state index < -0.39 is 0 Å². The molecule has 1 aliphatic rings. The molecule has 2 amide bonds. The van der Waals surface area contributed by atoms with Crippen molar-refractivity contribution in [2.45, 2.75) is 54.3 Å². The Labute approximate surface area is 199 Å². The molecule has 0 spiro atoms. The van der Waals surface area contributed by atoms with Crippen molar-refractivity contribution < 1.29 is 9.59 Å². The summed E-state index contributed by atoms with van der Waals surface area (Å²) in [5, 5.41) is 5.79. The lowest BCUT2D eigenvalue weighted by atomic mass is 10.1. The van der Waals surface area contributed by atoms with E-state index in [1.54, 1.807) is 24.3 Å². The molecule has 0 fully saturated rings. The highest BCUT2D eigenvalue weighted by atomic mass is 16.2. The van der Waals surface area contributed by atoms with Crippen LogP contribution in [0.2, 0.25) is 0 Å². The first kappa shape index (κ1) is 22.1. The number of rotatable bonds is 6.